The van der Waals surface area contributed by atoms with Gasteiger partial charge >= 0.3 is 0 Å². The molecule has 0 N–H and O–H groups in total. The molecule has 0 atom stereocenters. The van der Waals surface area contributed by atoms with Crippen molar-refractivity contribution in [2.45, 2.75) is 45.8 Å². The minimum Gasteiger partial charge on any atom is -0.293 e. The quantitative estimate of drug-likeness (QED) is 0.367. The largest absolute Gasteiger partial charge is 0.293 e. The van der Waals surface area contributed by atoms with Crippen molar-refractivity contribution in [3.05, 3.63) is 35.4 Å². The monoisotopic (exact) mass is 293 g/mol. The van der Waals surface area contributed by atoms with E-state index in [-0.39, 0.29) is 0 Å². The second kappa shape index (κ2) is 8.59. The van der Waals surface area contributed by atoms with Gasteiger partial charge in [-0.05, 0) is 31.1 Å². The van der Waals surface area contributed by atoms with Crippen LogP contribution in [0.2, 0.25) is 19.6 Å². The van der Waals surface area contributed by atoms with E-state index in [9.17, 15) is 0 Å². The fourth-order valence-corrected chi connectivity index (χ4v) is 4.91. The van der Waals surface area contributed by atoms with E-state index in [0.29, 0.717) is 0 Å². The van der Waals surface area contributed by atoms with Gasteiger partial charge in [0, 0.05) is 12.8 Å². The minimum absolute atomic E-state index is 0.894. The number of rotatable bonds is 8. The molecule has 0 fully saturated rings. The first-order valence-corrected chi connectivity index (χ1v) is 12.4. The van der Waals surface area contributed by atoms with E-state index >= 15 is 0 Å². The van der Waals surface area contributed by atoms with Crippen molar-refractivity contribution in [1.29, 1.82) is 0 Å². The molecule has 0 saturated carbocycles. The molecule has 0 unspecified atom stereocenters. The summed E-state index contributed by atoms with van der Waals surface area (Å²) in [5.74, 6) is 1.33. The molecular weight excluding hydrogens is 266 g/mol. The number of nitrogens with zero attached hydrogens (tertiary/aromatic N) is 1. The molecule has 0 aromatic heterocycles. The Bertz CT molecular complexity index is 379. The van der Waals surface area contributed by atoms with Crippen molar-refractivity contribution in [3.63, 3.8) is 0 Å². The van der Waals surface area contributed by atoms with Gasteiger partial charge in [-0.25, -0.2) is 0 Å². The van der Waals surface area contributed by atoms with Gasteiger partial charge in [-0.1, -0.05) is 55.9 Å². The van der Waals surface area contributed by atoms with Crippen LogP contribution in [0.5, 0.6) is 0 Å². The maximum atomic E-state index is 4.49. The fourth-order valence-electron chi connectivity index (χ4n) is 1.68. The van der Waals surface area contributed by atoms with Crippen molar-refractivity contribution >= 4 is 24.6 Å². The number of aryl methyl sites for hydroxylation is 1. The zero-order valence-corrected chi connectivity index (χ0v) is 14.6. The molecule has 0 aliphatic rings. The Morgan fingerprint density at radius 1 is 1.05 bits per heavy atom. The molecule has 3 heteroatoms. The van der Waals surface area contributed by atoms with Crippen LogP contribution < -0.4 is 0 Å². The van der Waals surface area contributed by atoms with Gasteiger partial charge in [-0.3, -0.25) is 4.99 Å². The van der Waals surface area contributed by atoms with Crippen LogP contribution in [0.25, 0.3) is 0 Å². The van der Waals surface area contributed by atoms with Gasteiger partial charge in [0.05, 0.1) is 0 Å². The van der Waals surface area contributed by atoms with Crippen LogP contribution in [-0.2, 0) is 0 Å². The Morgan fingerprint density at radius 2 is 1.74 bits per heavy atom. The summed E-state index contributed by atoms with van der Waals surface area (Å²) in [5, 5.41) is 0. The lowest BCUT2D eigenvalue weighted by molar-refractivity contribution is 0.735. The number of unbranched alkanes of at least 4 members (excludes halogenated alkanes) is 2. The van der Waals surface area contributed by atoms with E-state index in [4.69, 9.17) is 0 Å². The van der Waals surface area contributed by atoms with E-state index < -0.39 is 7.22 Å². The summed E-state index contributed by atoms with van der Waals surface area (Å²) < 4.78 is 0. The lowest BCUT2D eigenvalue weighted by Gasteiger charge is -2.14. The molecule has 1 nitrogen and oxygen atoms in total. The van der Waals surface area contributed by atoms with E-state index in [2.05, 4.69) is 67.0 Å². The molecule has 0 bridgehead atoms. The highest BCUT2D eigenvalue weighted by Gasteiger charge is 2.12. The second-order valence-corrected chi connectivity index (χ2v) is 15.4. The first-order chi connectivity index (χ1) is 8.97. The SMILES string of the molecule is Cc1ccc(/C=N/CCCCCS[Si](C)(C)C)cc1. The van der Waals surface area contributed by atoms with E-state index in [1.54, 1.807) is 0 Å². The lowest BCUT2D eigenvalue weighted by atomic mass is 10.2. The van der Waals surface area contributed by atoms with Crippen molar-refractivity contribution in [3.8, 4) is 0 Å². The lowest BCUT2D eigenvalue weighted by Crippen LogP contribution is -2.14. The zero-order valence-electron chi connectivity index (χ0n) is 12.8. The second-order valence-electron chi connectivity index (χ2n) is 5.97. The molecule has 0 heterocycles. The Kier molecular flexibility index (Phi) is 7.47. The van der Waals surface area contributed by atoms with Crippen LogP contribution in [0.15, 0.2) is 29.3 Å². The molecule has 1 aromatic rings. The van der Waals surface area contributed by atoms with Crippen molar-refractivity contribution < 1.29 is 0 Å². The van der Waals surface area contributed by atoms with Gasteiger partial charge in [0.1, 0.15) is 7.22 Å². The average Bonchev–Trinajstić information content (AvgIpc) is 2.33. The van der Waals surface area contributed by atoms with Crippen LogP contribution in [0.4, 0.5) is 0 Å². The van der Waals surface area contributed by atoms with Crippen LogP contribution in [0.1, 0.15) is 30.4 Å². The van der Waals surface area contributed by atoms with Crippen molar-refractivity contribution in [2.24, 2.45) is 4.99 Å². The number of hydrogen-bond acceptors (Lipinski definition) is 2. The van der Waals surface area contributed by atoms with E-state index in [0.717, 1.165) is 6.54 Å². The Hall–Kier alpha value is -0.543. The predicted octanol–water partition coefficient (Wildman–Crippen LogP) is 5.15. The number of hydrogen-bond donors (Lipinski definition) is 0. The van der Waals surface area contributed by atoms with Crippen molar-refractivity contribution in [1.82, 2.24) is 0 Å². The average molecular weight is 294 g/mol. The van der Waals surface area contributed by atoms with Gasteiger partial charge < -0.3 is 0 Å². The molecule has 0 spiro atoms. The first-order valence-electron chi connectivity index (χ1n) is 7.18. The molecule has 0 radical (unpaired) electrons. The Balaban J connectivity index is 2.06. The molecule has 1 aromatic carbocycles. The van der Waals surface area contributed by atoms with Crippen LogP contribution in [-0.4, -0.2) is 25.7 Å². The summed E-state index contributed by atoms with van der Waals surface area (Å²) in [4.78, 5) is 4.49. The summed E-state index contributed by atoms with van der Waals surface area (Å²) in [7, 11) is -0.894. The summed E-state index contributed by atoms with van der Waals surface area (Å²) in [6.07, 6.45) is 5.86. The third kappa shape index (κ3) is 9.06. The van der Waals surface area contributed by atoms with Crippen LogP contribution in [0, 0.1) is 6.92 Å². The molecule has 0 aliphatic carbocycles. The van der Waals surface area contributed by atoms with Gasteiger partial charge in [-0.15, -0.1) is 0 Å². The predicted molar refractivity (Wildman–Crippen MR) is 93.3 cm³/mol. The Morgan fingerprint density at radius 3 is 2.37 bits per heavy atom. The summed E-state index contributed by atoms with van der Waals surface area (Å²) >= 11 is 2.20. The van der Waals surface area contributed by atoms with Gasteiger partial charge in [0.2, 0.25) is 0 Å². The first kappa shape index (κ1) is 16.5. The smallest absolute Gasteiger partial charge is 0.108 e. The van der Waals surface area contributed by atoms with Crippen molar-refractivity contribution in [2.75, 3.05) is 12.3 Å². The highest BCUT2D eigenvalue weighted by Crippen LogP contribution is 2.20. The summed E-state index contributed by atoms with van der Waals surface area (Å²) in [6.45, 7) is 10.3. The Labute approximate surface area is 123 Å². The number of aliphatic imine (C=N–C) groups is 1. The topological polar surface area (TPSA) is 12.4 Å². The normalized spacial score (nSPS) is 12.2. The maximum absolute atomic E-state index is 4.49. The zero-order chi connectivity index (χ0) is 14.1. The molecular formula is C16H27NSSi. The number of benzene rings is 1. The molecule has 0 aliphatic heterocycles. The molecule has 19 heavy (non-hydrogen) atoms. The van der Waals surface area contributed by atoms with Crippen LogP contribution in [0.3, 0.4) is 0 Å². The maximum Gasteiger partial charge on any atom is 0.108 e. The van der Waals surface area contributed by atoms with E-state index in [1.807, 2.05) is 6.21 Å². The molecule has 0 amide bonds. The highest BCUT2D eigenvalue weighted by molar-refractivity contribution is 8.28. The molecule has 0 saturated heterocycles. The van der Waals surface area contributed by atoms with E-state index in [1.165, 1.54) is 36.1 Å². The molecule has 1 rings (SSSR count). The van der Waals surface area contributed by atoms with Gasteiger partial charge in [-0.2, -0.15) is 11.2 Å². The third-order valence-electron chi connectivity index (χ3n) is 2.78. The van der Waals surface area contributed by atoms with Gasteiger partial charge in [0.15, 0.2) is 0 Å². The summed E-state index contributed by atoms with van der Waals surface area (Å²) in [6, 6.07) is 8.52. The third-order valence-corrected chi connectivity index (χ3v) is 7.35. The molecule has 106 valence electrons. The summed E-state index contributed by atoms with van der Waals surface area (Å²) in [5.41, 5.74) is 2.51. The van der Waals surface area contributed by atoms with Crippen LogP contribution >= 0.6 is 11.2 Å². The minimum atomic E-state index is -0.894. The standard InChI is InChI=1S/C16H27NSSi/c1-15-8-10-16(11-9-15)14-17-12-6-5-7-13-18-19(2,3)4/h8-11,14H,5-7,12-13H2,1-4H3/b17-14+. The van der Waals surface area contributed by atoms with Gasteiger partial charge in [0.25, 0.3) is 0 Å². The highest BCUT2D eigenvalue weighted by atomic mass is 32.4. The fraction of sp³-hybridized carbons (Fsp3) is 0.562.